The zero-order valence-electron chi connectivity index (χ0n) is 16.6. The van der Waals surface area contributed by atoms with Gasteiger partial charge in [-0.2, -0.15) is 0 Å². The van der Waals surface area contributed by atoms with E-state index in [4.69, 9.17) is 0 Å². The third kappa shape index (κ3) is 8.26. The molecule has 0 saturated heterocycles. The maximum atomic E-state index is 13.5. The van der Waals surface area contributed by atoms with Crippen LogP contribution < -0.4 is 10.6 Å². The zero-order chi connectivity index (χ0) is 19.7. The van der Waals surface area contributed by atoms with Crippen LogP contribution in [0.2, 0.25) is 0 Å². The highest BCUT2D eigenvalue weighted by Crippen LogP contribution is 2.22. The summed E-state index contributed by atoms with van der Waals surface area (Å²) in [5, 5.41) is 6.46. The molecule has 154 valence electrons. The Morgan fingerprint density at radius 3 is 2.46 bits per heavy atom. The number of aliphatic imine (C=N–C) groups is 1. The average Bonchev–Trinajstić information content (AvgIpc) is 2.65. The molecule has 2 aromatic carbocycles. The van der Waals surface area contributed by atoms with Gasteiger partial charge in [0.1, 0.15) is 5.82 Å². The third-order valence-corrected chi connectivity index (χ3v) is 5.63. The number of guanidine groups is 1. The fraction of sp³-hybridized carbons (Fsp3) is 0.381. The summed E-state index contributed by atoms with van der Waals surface area (Å²) in [6.07, 6.45) is 0. The number of hydrogen-bond acceptors (Lipinski definition) is 2. The molecule has 2 rings (SSSR count). The smallest absolute Gasteiger partial charge is 0.191 e. The molecule has 0 saturated carbocycles. The maximum Gasteiger partial charge on any atom is 0.191 e. The number of hydrogen-bond donors (Lipinski definition) is 2. The van der Waals surface area contributed by atoms with Crippen molar-refractivity contribution < 1.29 is 8.60 Å². The van der Waals surface area contributed by atoms with Crippen molar-refractivity contribution in [2.24, 2.45) is 4.99 Å². The molecule has 0 bridgehead atoms. The number of benzene rings is 2. The van der Waals surface area contributed by atoms with E-state index < -0.39 is 10.8 Å². The van der Waals surface area contributed by atoms with Crippen molar-refractivity contribution in [3.63, 3.8) is 0 Å². The van der Waals surface area contributed by atoms with Crippen molar-refractivity contribution in [3.05, 3.63) is 71.5 Å². The van der Waals surface area contributed by atoms with E-state index in [-0.39, 0.29) is 35.2 Å². The van der Waals surface area contributed by atoms with E-state index in [1.165, 1.54) is 6.07 Å². The molecule has 0 aliphatic rings. The normalized spacial score (nSPS) is 12.8. The van der Waals surface area contributed by atoms with Gasteiger partial charge in [0.2, 0.25) is 0 Å². The van der Waals surface area contributed by atoms with Gasteiger partial charge >= 0.3 is 0 Å². The van der Waals surface area contributed by atoms with Crippen molar-refractivity contribution in [1.82, 2.24) is 10.6 Å². The van der Waals surface area contributed by atoms with Gasteiger partial charge in [0.25, 0.3) is 0 Å². The first-order chi connectivity index (χ1) is 12.9. The molecule has 7 heteroatoms. The number of rotatable bonds is 8. The summed E-state index contributed by atoms with van der Waals surface area (Å²) in [5.41, 5.74) is 1.75. The maximum absolute atomic E-state index is 13.5. The van der Waals surface area contributed by atoms with E-state index in [1.807, 2.05) is 36.4 Å². The van der Waals surface area contributed by atoms with Crippen LogP contribution in [0, 0.1) is 5.82 Å². The molecule has 0 radical (unpaired) electrons. The van der Waals surface area contributed by atoms with Crippen LogP contribution in [0.5, 0.6) is 0 Å². The molecule has 28 heavy (non-hydrogen) atoms. The van der Waals surface area contributed by atoms with Gasteiger partial charge in [-0.3, -0.25) is 9.20 Å². The Labute approximate surface area is 186 Å². The molecule has 4 nitrogen and oxygen atoms in total. The second-order valence-corrected chi connectivity index (χ2v) is 8.60. The van der Waals surface area contributed by atoms with Crippen molar-refractivity contribution in [2.75, 3.05) is 25.9 Å². The standard InChI is InChI=1S/C21H28FN3OS.HI/c1-21(2,18-10-7-11-19(22)14-18)16-25-20(23-3)24-12-13-27(26)15-17-8-5-4-6-9-17;/h4-11,14H,12-13,15-16H2,1-3H3,(H2,23,24,25);1H. The molecule has 0 fully saturated rings. The number of nitrogens with one attached hydrogen (secondary N) is 2. The Kier molecular flexibility index (Phi) is 10.7. The number of halogens is 2. The van der Waals surface area contributed by atoms with Crippen molar-refractivity contribution in [3.8, 4) is 0 Å². The third-order valence-electron chi connectivity index (χ3n) is 4.32. The zero-order valence-corrected chi connectivity index (χ0v) is 19.7. The molecule has 0 heterocycles. The Morgan fingerprint density at radius 1 is 1.11 bits per heavy atom. The number of nitrogens with zero attached hydrogens (tertiary/aromatic N) is 1. The largest absolute Gasteiger partial charge is 0.356 e. The van der Waals surface area contributed by atoms with Crippen LogP contribution >= 0.6 is 24.0 Å². The van der Waals surface area contributed by atoms with Gasteiger partial charge in [0, 0.05) is 47.9 Å². The molecule has 2 N–H and O–H groups in total. The van der Waals surface area contributed by atoms with Crippen molar-refractivity contribution in [2.45, 2.75) is 25.0 Å². The van der Waals surface area contributed by atoms with Crippen LogP contribution in [-0.4, -0.2) is 36.1 Å². The highest BCUT2D eigenvalue weighted by molar-refractivity contribution is 14.0. The van der Waals surface area contributed by atoms with Gasteiger partial charge in [-0.05, 0) is 23.3 Å². The Morgan fingerprint density at radius 2 is 1.82 bits per heavy atom. The van der Waals surface area contributed by atoms with Crippen molar-refractivity contribution >= 4 is 40.7 Å². The molecule has 0 aliphatic heterocycles. The molecule has 0 aliphatic carbocycles. The topological polar surface area (TPSA) is 53.5 Å². The van der Waals surface area contributed by atoms with Gasteiger partial charge in [-0.15, -0.1) is 24.0 Å². The van der Waals surface area contributed by atoms with Gasteiger partial charge in [-0.25, -0.2) is 4.39 Å². The lowest BCUT2D eigenvalue weighted by molar-refractivity contribution is 0.503. The van der Waals surface area contributed by atoms with Gasteiger partial charge < -0.3 is 10.6 Å². The molecular weight excluding hydrogens is 488 g/mol. The molecule has 1 atom stereocenters. The van der Waals surface area contributed by atoms with Crippen LogP contribution in [-0.2, 0) is 22.0 Å². The van der Waals surface area contributed by atoms with Gasteiger partial charge in [0.15, 0.2) is 5.96 Å². The van der Waals surface area contributed by atoms with E-state index in [9.17, 15) is 8.60 Å². The molecular formula is C21H29FIN3OS. The lowest BCUT2D eigenvalue weighted by Crippen LogP contribution is -2.44. The minimum Gasteiger partial charge on any atom is -0.356 e. The van der Waals surface area contributed by atoms with E-state index in [2.05, 4.69) is 29.5 Å². The lowest BCUT2D eigenvalue weighted by atomic mass is 9.84. The predicted molar refractivity (Wildman–Crippen MR) is 127 cm³/mol. The molecule has 0 aromatic heterocycles. The fourth-order valence-corrected chi connectivity index (χ4v) is 3.69. The highest BCUT2D eigenvalue weighted by Gasteiger charge is 2.21. The van der Waals surface area contributed by atoms with Crippen LogP contribution in [0.1, 0.15) is 25.0 Å². The first-order valence-corrected chi connectivity index (χ1v) is 10.5. The summed E-state index contributed by atoms with van der Waals surface area (Å²) in [6, 6.07) is 16.5. The minimum absolute atomic E-state index is 0. The monoisotopic (exact) mass is 517 g/mol. The fourth-order valence-electron chi connectivity index (χ4n) is 2.65. The Hall–Kier alpha value is -1.48. The van der Waals surface area contributed by atoms with Crippen LogP contribution in [0.25, 0.3) is 0 Å². The van der Waals surface area contributed by atoms with Gasteiger partial charge in [-0.1, -0.05) is 56.3 Å². The Balaban J connectivity index is 0.00000392. The second-order valence-electron chi connectivity index (χ2n) is 7.02. The Bertz CT molecular complexity index is 784. The second kappa shape index (κ2) is 12.2. The summed E-state index contributed by atoms with van der Waals surface area (Å²) in [6.45, 7) is 5.27. The summed E-state index contributed by atoms with van der Waals surface area (Å²) in [5.74, 6) is 1.52. The quantitative estimate of drug-likeness (QED) is 0.318. The average molecular weight is 517 g/mol. The molecule has 1 unspecified atom stereocenters. The SMILES string of the molecule is CN=C(NCCS(=O)Cc1ccccc1)NCC(C)(C)c1cccc(F)c1.I. The van der Waals surface area contributed by atoms with Crippen LogP contribution in [0.4, 0.5) is 4.39 Å². The minimum atomic E-state index is -0.930. The van der Waals surface area contributed by atoms with Crippen LogP contribution in [0.15, 0.2) is 59.6 Å². The van der Waals surface area contributed by atoms with E-state index >= 15 is 0 Å². The first kappa shape index (κ1) is 24.6. The van der Waals surface area contributed by atoms with E-state index in [0.717, 1.165) is 11.1 Å². The summed E-state index contributed by atoms with van der Waals surface area (Å²) in [7, 11) is 0.770. The summed E-state index contributed by atoms with van der Waals surface area (Å²) < 4.78 is 25.7. The predicted octanol–water partition coefficient (Wildman–Crippen LogP) is 3.84. The lowest BCUT2D eigenvalue weighted by Gasteiger charge is -2.26. The molecule has 2 aromatic rings. The highest BCUT2D eigenvalue weighted by atomic mass is 127. The summed E-state index contributed by atoms with van der Waals surface area (Å²) >= 11 is 0. The molecule has 0 amide bonds. The summed E-state index contributed by atoms with van der Waals surface area (Å²) in [4.78, 5) is 4.20. The van der Waals surface area contributed by atoms with E-state index in [1.54, 1.807) is 19.2 Å². The molecule has 0 spiro atoms. The van der Waals surface area contributed by atoms with Crippen molar-refractivity contribution in [1.29, 1.82) is 0 Å². The van der Waals surface area contributed by atoms with Crippen LogP contribution in [0.3, 0.4) is 0 Å². The first-order valence-electron chi connectivity index (χ1n) is 9.00. The van der Waals surface area contributed by atoms with Gasteiger partial charge in [0.05, 0.1) is 0 Å². The van der Waals surface area contributed by atoms with E-state index in [0.29, 0.717) is 30.6 Å².